The van der Waals surface area contributed by atoms with Crippen molar-refractivity contribution in [1.29, 1.82) is 0 Å². The lowest BCUT2D eigenvalue weighted by Crippen LogP contribution is -2.40. The maximum Gasteiger partial charge on any atom is 0.321 e. The maximum atomic E-state index is 12.1. The number of aryl methyl sites for hydroxylation is 1. The van der Waals surface area contributed by atoms with Crippen LogP contribution in [0.3, 0.4) is 0 Å². The van der Waals surface area contributed by atoms with Crippen molar-refractivity contribution in [2.24, 2.45) is 5.92 Å². The van der Waals surface area contributed by atoms with Crippen molar-refractivity contribution in [2.75, 3.05) is 18.0 Å². The molecule has 0 aliphatic rings. The van der Waals surface area contributed by atoms with Gasteiger partial charge < -0.3 is 10.4 Å². The number of aliphatic carboxylic acids is 1. The summed E-state index contributed by atoms with van der Waals surface area (Å²) in [6, 6.07) is 7.64. The second-order valence-corrected chi connectivity index (χ2v) is 5.19. The van der Waals surface area contributed by atoms with Crippen LogP contribution in [0.4, 0.5) is 10.5 Å². The minimum absolute atomic E-state index is 0.149. The van der Waals surface area contributed by atoms with E-state index in [0.717, 1.165) is 11.3 Å². The van der Waals surface area contributed by atoms with Crippen molar-refractivity contribution < 1.29 is 14.7 Å². The number of nitrogens with one attached hydrogen (secondary N) is 1. The van der Waals surface area contributed by atoms with Gasteiger partial charge in [0, 0.05) is 18.8 Å². The number of benzene rings is 1. The van der Waals surface area contributed by atoms with Crippen LogP contribution >= 0.6 is 0 Å². The van der Waals surface area contributed by atoms with Crippen LogP contribution < -0.4 is 10.2 Å². The highest BCUT2D eigenvalue weighted by Crippen LogP contribution is 2.15. The van der Waals surface area contributed by atoms with Crippen LogP contribution in [0.2, 0.25) is 0 Å². The smallest absolute Gasteiger partial charge is 0.321 e. The summed E-state index contributed by atoms with van der Waals surface area (Å²) < 4.78 is 0. The predicted molar refractivity (Wildman–Crippen MR) is 83.6 cm³/mol. The molecule has 0 heterocycles. The fraction of sp³-hybridized carbons (Fsp3) is 0.500. The van der Waals surface area contributed by atoms with Crippen molar-refractivity contribution in [3.05, 3.63) is 29.8 Å². The molecule has 0 aliphatic carbocycles. The first kappa shape index (κ1) is 17.0. The summed E-state index contributed by atoms with van der Waals surface area (Å²) in [7, 11) is 0. The first-order chi connectivity index (χ1) is 9.95. The zero-order chi connectivity index (χ0) is 15.8. The molecule has 2 amide bonds. The Bertz CT molecular complexity index is 471. The summed E-state index contributed by atoms with van der Waals surface area (Å²) in [6.45, 7) is 6.67. The van der Waals surface area contributed by atoms with Crippen LogP contribution in [-0.2, 0) is 4.79 Å². The number of carboxylic acid groups (broad SMARTS) is 1. The van der Waals surface area contributed by atoms with E-state index in [4.69, 9.17) is 5.11 Å². The molecule has 2 N–H and O–H groups in total. The van der Waals surface area contributed by atoms with Crippen molar-refractivity contribution in [3.8, 4) is 0 Å². The lowest BCUT2D eigenvalue weighted by Gasteiger charge is -2.21. The van der Waals surface area contributed by atoms with E-state index in [1.54, 1.807) is 11.8 Å². The van der Waals surface area contributed by atoms with Crippen molar-refractivity contribution in [1.82, 2.24) is 5.32 Å². The molecule has 1 aromatic carbocycles. The third-order valence-corrected chi connectivity index (χ3v) is 3.42. The Morgan fingerprint density at radius 1 is 1.29 bits per heavy atom. The fourth-order valence-corrected chi connectivity index (χ4v) is 1.99. The van der Waals surface area contributed by atoms with Gasteiger partial charge in [-0.2, -0.15) is 0 Å². The summed E-state index contributed by atoms with van der Waals surface area (Å²) in [4.78, 5) is 24.5. The Kier molecular flexibility index (Phi) is 6.72. The van der Waals surface area contributed by atoms with E-state index in [9.17, 15) is 9.59 Å². The third-order valence-electron chi connectivity index (χ3n) is 3.42. The standard InChI is InChI=1S/C16H24N2O3/c1-4-18(14-9-7-12(2)8-10-14)16(21)17-11-5-6-13(3)15(19)20/h7-10,13H,4-6,11H2,1-3H3,(H,17,21)(H,19,20). The quantitative estimate of drug-likeness (QED) is 0.759. The van der Waals surface area contributed by atoms with Crippen LogP contribution in [0.15, 0.2) is 24.3 Å². The fourth-order valence-electron chi connectivity index (χ4n) is 1.99. The minimum Gasteiger partial charge on any atom is -0.481 e. The van der Waals surface area contributed by atoms with Crippen molar-refractivity contribution >= 4 is 17.7 Å². The molecule has 0 aromatic heterocycles. The number of urea groups is 1. The number of carbonyl (C=O) groups is 2. The van der Waals surface area contributed by atoms with Gasteiger partial charge in [-0.05, 0) is 38.8 Å². The van der Waals surface area contributed by atoms with E-state index in [-0.39, 0.29) is 11.9 Å². The molecule has 0 saturated carbocycles. The Morgan fingerprint density at radius 2 is 1.90 bits per heavy atom. The van der Waals surface area contributed by atoms with Gasteiger partial charge in [0.05, 0.1) is 5.92 Å². The number of amides is 2. The van der Waals surface area contributed by atoms with Gasteiger partial charge in [0.1, 0.15) is 0 Å². The summed E-state index contributed by atoms with van der Waals surface area (Å²) >= 11 is 0. The highest BCUT2D eigenvalue weighted by atomic mass is 16.4. The average Bonchev–Trinajstić information content (AvgIpc) is 2.46. The lowest BCUT2D eigenvalue weighted by molar-refractivity contribution is -0.141. The van der Waals surface area contributed by atoms with E-state index in [1.165, 1.54) is 0 Å². The molecule has 0 radical (unpaired) electrons. The molecule has 5 nitrogen and oxygen atoms in total. The van der Waals surface area contributed by atoms with E-state index in [1.807, 2.05) is 38.1 Å². The Labute approximate surface area is 126 Å². The van der Waals surface area contributed by atoms with Gasteiger partial charge in [0.25, 0.3) is 0 Å². The Balaban J connectivity index is 2.45. The van der Waals surface area contributed by atoms with Crippen molar-refractivity contribution in [2.45, 2.75) is 33.6 Å². The molecule has 1 unspecified atom stereocenters. The largest absolute Gasteiger partial charge is 0.481 e. The first-order valence-corrected chi connectivity index (χ1v) is 7.30. The molecular weight excluding hydrogens is 268 g/mol. The molecule has 1 rings (SSSR count). The number of carbonyl (C=O) groups excluding carboxylic acids is 1. The van der Waals surface area contributed by atoms with Crippen LogP contribution in [0, 0.1) is 12.8 Å². The Hall–Kier alpha value is -2.04. The number of rotatable bonds is 7. The van der Waals surface area contributed by atoms with Crippen LogP contribution in [0.5, 0.6) is 0 Å². The van der Waals surface area contributed by atoms with Crippen LogP contribution in [0.25, 0.3) is 0 Å². The van der Waals surface area contributed by atoms with E-state index in [2.05, 4.69) is 5.32 Å². The zero-order valence-electron chi connectivity index (χ0n) is 12.9. The molecule has 1 atom stereocenters. The first-order valence-electron chi connectivity index (χ1n) is 7.30. The average molecular weight is 292 g/mol. The second kappa shape index (κ2) is 8.29. The maximum absolute atomic E-state index is 12.1. The van der Waals surface area contributed by atoms with E-state index < -0.39 is 5.97 Å². The number of hydrogen-bond donors (Lipinski definition) is 2. The number of anilines is 1. The van der Waals surface area contributed by atoms with Gasteiger partial charge in [-0.1, -0.05) is 24.6 Å². The summed E-state index contributed by atoms with van der Waals surface area (Å²) in [5.74, 6) is -1.17. The summed E-state index contributed by atoms with van der Waals surface area (Å²) in [5, 5.41) is 11.6. The second-order valence-electron chi connectivity index (χ2n) is 5.19. The van der Waals surface area contributed by atoms with Crippen molar-refractivity contribution in [3.63, 3.8) is 0 Å². The molecule has 0 spiro atoms. The minimum atomic E-state index is -0.795. The van der Waals surface area contributed by atoms with Crippen LogP contribution in [0.1, 0.15) is 32.3 Å². The van der Waals surface area contributed by atoms with Gasteiger partial charge in [0.15, 0.2) is 0 Å². The summed E-state index contributed by atoms with van der Waals surface area (Å²) in [6.07, 6.45) is 1.22. The molecule has 116 valence electrons. The normalized spacial score (nSPS) is 11.8. The number of carboxylic acids is 1. The molecule has 0 saturated heterocycles. The lowest BCUT2D eigenvalue weighted by atomic mass is 10.1. The predicted octanol–water partition coefficient (Wildman–Crippen LogP) is 3.03. The number of nitrogens with zero attached hydrogens (tertiary/aromatic N) is 1. The third kappa shape index (κ3) is 5.45. The molecular formula is C16H24N2O3. The van der Waals surface area contributed by atoms with Gasteiger partial charge in [0.2, 0.25) is 0 Å². The van der Waals surface area contributed by atoms with Gasteiger partial charge >= 0.3 is 12.0 Å². The van der Waals surface area contributed by atoms with Gasteiger partial charge in [-0.15, -0.1) is 0 Å². The molecule has 1 aromatic rings. The molecule has 0 bridgehead atoms. The monoisotopic (exact) mass is 292 g/mol. The zero-order valence-corrected chi connectivity index (χ0v) is 12.9. The molecule has 21 heavy (non-hydrogen) atoms. The number of hydrogen-bond acceptors (Lipinski definition) is 2. The van der Waals surface area contributed by atoms with E-state index >= 15 is 0 Å². The Morgan fingerprint density at radius 3 is 2.43 bits per heavy atom. The van der Waals surface area contributed by atoms with Gasteiger partial charge in [-0.25, -0.2) is 4.79 Å². The molecule has 0 aliphatic heterocycles. The summed E-state index contributed by atoms with van der Waals surface area (Å²) in [5.41, 5.74) is 2.01. The topological polar surface area (TPSA) is 69.6 Å². The molecule has 5 heteroatoms. The SMILES string of the molecule is CCN(C(=O)NCCCC(C)C(=O)O)c1ccc(C)cc1. The highest BCUT2D eigenvalue weighted by Gasteiger charge is 2.14. The van der Waals surface area contributed by atoms with Gasteiger partial charge in [-0.3, -0.25) is 9.69 Å². The molecule has 0 fully saturated rings. The van der Waals surface area contributed by atoms with Crippen LogP contribution in [-0.4, -0.2) is 30.2 Å². The van der Waals surface area contributed by atoms with E-state index in [0.29, 0.717) is 25.9 Å². The highest BCUT2D eigenvalue weighted by molar-refractivity contribution is 5.91.